The van der Waals surface area contributed by atoms with Crippen LogP contribution in [0.4, 0.5) is 0 Å². The largest absolute Gasteiger partial charge is 0.497 e. The summed E-state index contributed by atoms with van der Waals surface area (Å²) >= 11 is 0. The summed E-state index contributed by atoms with van der Waals surface area (Å²) in [5.74, 6) is 2.32. The second-order valence-electron chi connectivity index (χ2n) is 6.55. The average molecular weight is 382 g/mol. The van der Waals surface area contributed by atoms with Crippen molar-refractivity contribution in [2.75, 3.05) is 7.11 Å². The summed E-state index contributed by atoms with van der Waals surface area (Å²) in [5.41, 5.74) is 3.07. The lowest BCUT2D eigenvalue weighted by molar-refractivity contribution is 0.00385. The molecule has 3 heteroatoms. The zero-order valence-electron chi connectivity index (χ0n) is 16.2. The molecular formula is C26H22O3. The molecule has 0 aliphatic carbocycles. The number of methoxy groups -OCH3 is 1. The van der Waals surface area contributed by atoms with Gasteiger partial charge in [0.25, 0.3) is 6.29 Å². The van der Waals surface area contributed by atoms with E-state index in [0.717, 1.165) is 33.9 Å². The van der Waals surface area contributed by atoms with Gasteiger partial charge in [0.2, 0.25) is 0 Å². The van der Waals surface area contributed by atoms with E-state index in [2.05, 4.69) is 18.2 Å². The van der Waals surface area contributed by atoms with Crippen LogP contribution >= 0.6 is 0 Å². The van der Waals surface area contributed by atoms with Crippen LogP contribution in [-0.4, -0.2) is 7.11 Å². The van der Waals surface area contributed by atoms with Gasteiger partial charge in [0.15, 0.2) is 0 Å². The van der Waals surface area contributed by atoms with Crippen molar-refractivity contribution in [2.24, 2.45) is 0 Å². The van der Waals surface area contributed by atoms with Crippen molar-refractivity contribution >= 4 is 0 Å². The summed E-state index contributed by atoms with van der Waals surface area (Å²) in [7, 11) is 1.67. The minimum Gasteiger partial charge on any atom is -0.497 e. The third kappa shape index (κ3) is 4.77. The first-order valence-corrected chi connectivity index (χ1v) is 9.49. The van der Waals surface area contributed by atoms with Gasteiger partial charge in [-0.15, -0.1) is 0 Å². The smallest absolute Gasteiger partial charge is 0.267 e. The summed E-state index contributed by atoms with van der Waals surface area (Å²) in [6.07, 6.45) is -0.578. The molecule has 0 heterocycles. The molecule has 0 radical (unpaired) electrons. The van der Waals surface area contributed by atoms with Crippen LogP contribution in [0, 0.1) is 0 Å². The van der Waals surface area contributed by atoms with E-state index in [1.165, 1.54) is 0 Å². The Kier molecular flexibility index (Phi) is 5.77. The van der Waals surface area contributed by atoms with Crippen molar-refractivity contribution in [3.63, 3.8) is 0 Å². The summed E-state index contributed by atoms with van der Waals surface area (Å²) in [6, 6.07) is 35.6. The predicted octanol–water partition coefficient (Wildman–Crippen LogP) is 6.52. The Bertz CT molecular complexity index is 1000. The Morgan fingerprint density at radius 3 is 1.62 bits per heavy atom. The highest BCUT2D eigenvalue weighted by Crippen LogP contribution is 2.30. The minimum absolute atomic E-state index is 0.578. The lowest BCUT2D eigenvalue weighted by Gasteiger charge is -2.21. The molecule has 0 amide bonds. The lowest BCUT2D eigenvalue weighted by Crippen LogP contribution is -2.15. The number of hydrogen-bond acceptors (Lipinski definition) is 3. The molecule has 0 aliphatic heterocycles. The van der Waals surface area contributed by atoms with Gasteiger partial charge in [0, 0.05) is 5.56 Å². The number of para-hydroxylation sites is 2. The third-order valence-electron chi connectivity index (χ3n) is 4.53. The van der Waals surface area contributed by atoms with Crippen molar-refractivity contribution in [3.05, 3.63) is 115 Å². The van der Waals surface area contributed by atoms with Gasteiger partial charge in [0.1, 0.15) is 17.2 Å². The van der Waals surface area contributed by atoms with E-state index in [1.807, 2.05) is 91.0 Å². The van der Waals surface area contributed by atoms with Gasteiger partial charge in [-0.3, -0.25) is 0 Å². The van der Waals surface area contributed by atoms with Crippen molar-refractivity contribution in [2.45, 2.75) is 6.29 Å². The predicted molar refractivity (Wildman–Crippen MR) is 115 cm³/mol. The molecule has 0 aromatic heterocycles. The van der Waals surface area contributed by atoms with Gasteiger partial charge in [-0.25, -0.2) is 0 Å². The van der Waals surface area contributed by atoms with Gasteiger partial charge in [-0.1, -0.05) is 66.7 Å². The van der Waals surface area contributed by atoms with E-state index >= 15 is 0 Å². The Morgan fingerprint density at radius 1 is 0.517 bits per heavy atom. The molecule has 0 unspecified atom stereocenters. The molecule has 3 nitrogen and oxygen atoms in total. The summed E-state index contributed by atoms with van der Waals surface area (Å²) in [4.78, 5) is 0. The van der Waals surface area contributed by atoms with Crippen LogP contribution in [0.15, 0.2) is 109 Å². The minimum atomic E-state index is -0.578. The van der Waals surface area contributed by atoms with Gasteiger partial charge in [-0.05, 0) is 53.6 Å². The summed E-state index contributed by atoms with van der Waals surface area (Å²) in [6.45, 7) is 0. The molecule has 0 bridgehead atoms. The van der Waals surface area contributed by atoms with Crippen molar-refractivity contribution in [1.29, 1.82) is 0 Å². The molecule has 4 rings (SSSR count). The number of ether oxygens (including phenoxy) is 3. The Morgan fingerprint density at radius 2 is 1.03 bits per heavy atom. The third-order valence-corrected chi connectivity index (χ3v) is 4.53. The molecule has 0 fully saturated rings. The number of benzene rings is 4. The molecule has 4 aromatic rings. The quantitative estimate of drug-likeness (QED) is 0.341. The maximum atomic E-state index is 6.19. The van der Waals surface area contributed by atoms with Crippen LogP contribution < -0.4 is 14.2 Å². The SMILES string of the molecule is COc1cccc(-c2cccc(C(Oc3ccccc3)Oc3ccccc3)c2)c1. The topological polar surface area (TPSA) is 27.7 Å². The highest BCUT2D eigenvalue weighted by molar-refractivity contribution is 5.66. The van der Waals surface area contributed by atoms with Crippen LogP contribution in [-0.2, 0) is 0 Å². The Hall–Kier alpha value is -3.72. The van der Waals surface area contributed by atoms with E-state index in [-0.39, 0.29) is 0 Å². The Balaban J connectivity index is 1.68. The first-order chi connectivity index (χ1) is 14.3. The van der Waals surface area contributed by atoms with Crippen LogP contribution in [0.25, 0.3) is 11.1 Å². The van der Waals surface area contributed by atoms with Gasteiger partial charge in [0.05, 0.1) is 7.11 Å². The second kappa shape index (κ2) is 8.98. The fraction of sp³-hybridized carbons (Fsp3) is 0.0769. The van der Waals surface area contributed by atoms with Crippen molar-refractivity contribution < 1.29 is 14.2 Å². The molecule has 144 valence electrons. The van der Waals surface area contributed by atoms with Crippen LogP contribution in [0.1, 0.15) is 11.9 Å². The normalized spacial score (nSPS) is 10.6. The molecular weight excluding hydrogens is 360 g/mol. The van der Waals surface area contributed by atoms with Crippen molar-refractivity contribution in [3.8, 4) is 28.4 Å². The first-order valence-electron chi connectivity index (χ1n) is 9.49. The molecule has 0 saturated heterocycles. The fourth-order valence-corrected chi connectivity index (χ4v) is 3.07. The number of rotatable bonds is 7. The highest BCUT2D eigenvalue weighted by atomic mass is 16.7. The van der Waals surface area contributed by atoms with E-state index in [9.17, 15) is 0 Å². The zero-order valence-corrected chi connectivity index (χ0v) is 16.2. The molecule has 0 N–H and O–H groups in total. The van der Waals surface area contributed by atoms with E-state index in [4.69, 9.17) is 14.2 Å². The van der Waals surface area contributed by atoms with E-state index < -0.39 is 6.29 Å². The summed E-state index contributed by atoms with van der Waals surface area (Å²) in [5, 5.41) is 0. The van der Waals surface area contributed by atoms with Crippen molar-refractivity contribution in [1.82, 2.24) is 0 Å². The van der Waals surface area contributed by atoms with Gasteiger partial charge < -0.3 is 14.2 Å². The number of hydrogen-bond donors (Lipinski definition) is 0. The van der Waals surface area contributed by atoms with Crippen LogP contribution in [0.2, 0.25) is 0 Å². The molecule has 0 aliphatic rings. The summed E-state index contributed by atoms with van der Waals surface area (Å²) < 4.78 is 17.7. The molecule has 4 aromatic carbocycles. The standard InChI is InChI=1S/C26H22O3/c1-27-25-17-9-11-21(19-25)20-10-8-12-22(18-20)26(28-23-13-4-2-5-14-23)29-24-15-6-3-7-16-24/h2-19,26H,1H3. The van der Waals surface area contributed by atoms with Crippen LogP contribution in [0.3, 0.4) is 0 Å². The lowest BCUT2D eigenvalue weighted by atomic mass is 10.0. The molecule has 0 saturated carbocycles. The Labute approximate surface area is 171 Å². The monoisotopic (exact) mass is 382 g/mol. The van der Waals surface area contributed by atoms with Gasteiger partial charge >= 0.3 is 0 Å². The first kappa shape index (κ1) is 18.6. The molecule has 29 heavy (non-hydrogen) atoms. The maximum absolute atomic E-state index is 6.19. The van der Waals surface area contributed by atoms with E-state index in [0.29, 0.717) is 0 Å². The van der Waals surface area contributed by atoms with Gasteiger partial charge in [-0.2, -0.15) is 0 Å². The molecule has 0 atom stereocenters. The zero-order chi connectivity index (χ0) is 19.9. The highest BCUT2D eigenvalue weighted by Gasteiger charge is 2.16. The molecule has 0 spiro atoms. The van der Waals surface area contributed by atoms with Crippen LogP contribution in [0.5, 0.6) is 17.2 Å². The maximum Gasteiger partial charge on any atom is 0.267 e. The average Bonchev–Trinajstić information content (AvgIpc) is 2.80. The fourth-order valence-electron chi connectivity index (χ4n) is 3.07. The second-order valence-corrected chi connectivity index (χ2v) is 6.55. The van der Waals surface area contributed by atoms with E-state index in [1.54, 1.807) is 7.11 Å².